The second-order valence-corrected chi connectivity index (χ2v) is 5.46. The lowest BCUT2D eigenvalue weighted by molar-refractivity contribution is -0.114. The highest BCUT2D eigenvalue weighted by atomic mass is 16.5. The van der Waals surface area contributed by atoms with Gasteiger partial charge in [-0.3, -0.25) is 4.79 Å². The zero-order valence-corrected chi connectivity index (χ0v) is 13.9. The normalized spacial score (nSPS) is 11.8. The summed E-state index contributed by atoms with van der Waals surface area (Å²) in [6.07, 6.45) is 10.3. The zero-order valence-electron chi connectivity index (χ0n) is 13.9. The molecule has 0 saturated carbocycles. The third kappa shape index (κ3) is 7.54. The SMILES string of the molecule is CCCCCCCC(=O)C=C(O)C=Cc1ccc(O)c(OC)c1. The smallest absolute Gasteiger partial charge is 0.161 e. The van der Waals surface area contributed by atoms with E-state index in [9.17, 15) is 15.0 Å². The van der Waals surface area contributed by atoms with Gasteiger partial charge in [-0.05, 0) is 30.2 Å². The Morgan fingerprint density at radius 3 is 2.65 bits per heavy atom. The molecule has 0 aromatic heterocycles. The largest absolute Gasteiger partial charge is 0.508 e. The predicted molar refractivity (Wildman–Crippen MR) is 92.8 cm³/mol. The number of rotatable bonds is 10. The number of allylic oxidation sites excluding steroid dienone is 2. The van der Waals surface area contributed by atoms with Crippen molar-refractivity contribution in [2.24, 2.45) is 0 Å². The van der Waals surface area contributed by atoms with Crippen molar-refractivity contribution in [3.05, 3.63) is 41.7 Å². The van der Waals surface area contributed by atoms with Gasteiger partial charge in [-0.1, -0.05) is 44.7 Å². The van der Waals surface area contributed by atoms with Gasteiger partial charge in [0.1, 0.15) is 5.76 Å². The number of aromatic hydroxyl groups is 1. The number of benzene rings is 1. The maximum absolute atomic E-state index is 11.7. The molecule has 126 valence electrons. The molecule has 0 aliphatic rings. The third-order valence-corrected chi connectivity index (χ3v) is 3.49. The van der Waals surface area contributed by atoms with Crippen LogP contribution in [0.15, 0.2) is 36.1 Å². The molecule has 1 rings (SSSR count). The Morgan fingerprint density at radius 1 is 1.22 bits per heavy atom. The molecule has 0 fully saturated rings. The van der Waals surface area contributed by atoms with Crippen LogP contribution in [0.1, 0.15) is 51.0 Å². The molecule has 0 aliphatic carbocycles. The first-order valence-electron chi connectivity index (χ1n) is 8.05. The zero-order chi connectivity index (χ0) is 17.1. The number of methoxy groups -OCH3 is 1. The number of carbonyl (C=O) groups excluding carboxylic acids is 1. The molecule has 0 saturated heterocycles. The minimum absolute atomic E-state index is 0.0580. The molecule has 0 aliphatic heterocycles. The molecule has 0 bridgehead atoms. The van der Waals surface area contributed by atoms with Gasteiger partial charge in [-0.25, -0.2) is 0 Å². The molecule has 1 aromatic carbocycles. The molecule has 0 radical (unpaired) electrons. The Morgan fingerprint density at radius 2 is 1.96 bits per heavy atom. The average molecular weight is 318 g/mol. The van der Waals surface area contributed by atoms with Gasteiger partial charge in [0, 0.05) is 12.5 Å². The first-order chi connectivity index (χ1) is 11.1. The lowest BCUT2D eigenvalue weighted by Crippen LogP contribution is -1.94. The Hall–Kier alpha value is -2.23. The fourth-order valence-corrected chi connectivity index (χ4v) is 2.17. The minimum Gasteiger partial charge on any atom is -0.508 e. The van der Waals surface area contributed by atoms with Crippen LogP contribution in [-0.2, 0) is 4.79 Å². The summed E-state index contributed by atoms with van der Waals surface area (Å²) in [6.45, 7) is 2.15. The standard InChI is InChI=1S/C19H26O4/c1-3-4-5-6-7-8-16(20)14-17(21)11-9-15-10-12-18(22)19(13-15)23-2/h9-14,21-22H,3-8H2,1-2H3. The fourth-order valence-electron chi connectivity index (χ4n) is 2.17. The number of hydrogen-bond acceptors (Lipinski definition) is 4. The number of phenols is 1. The Bertz CT molecular complexity index is 558. The van der Waals surface area contributed by atoms with E-state index in [2.05, 4.69) is 6.92 Å². The Labute approximate surface area is 138 Å². The number of aliphatic hydroxyl groups excluding tert-OH is 1. The third-order valence-electron chi connectivity index (χ3n) is 3.49. The molecule has 0 heterocycles. The van der Waals surface area contributed by atoms with Crippen molar-refractivity contribution >= 4 is 11.9 Å². The van der Waals surface area contributed by atoms with Gasteiger partial charge >= 0.3 is 0 Å². The van der Waals surface area contributed by atoms with Crippen molar-refractivity contribution in [3.63, 3.8) is 0 Å². The van der Waals surface area contributed by atoms with Gasteiger partial charge in [0.2, 0.25) is 0 Å². The van der Waals surface area contributed by atoms with Crippen LogP contribution in [0.4, 0.5) is 0 Å². The van der Waals surface area contributed by atoms with Gasteiger partial charge in [0.05, 0.1) is 7.11 Å². The summed E-state index contributed by atoms with van der Waals surface area (Å²) in [5.41, 5.74) is 0.756. The number of aliphatic hydroxyl groups is 1. The summed E-state index contributed by atoms with van der Waals surface area (Å²) >= 11 is 0. The van der Waals surface area contributed by atoms with Crippen molar-refractivity contribution < 1.29 is 19.7 Å². The highest BCUT2D eigenvalue weighted by Crippen LogP contribution is 2.26. The molecule has 4 heteroatoms. The highest BCUT2D eigenvalue weighted by Gasteiger charge is 2.02. The molecule has 0 spiro atoms. The van der Waals surface area contributed by atoms with E-state index in [4.69, 9.17) is 4.74 Å². The summed E-state index contributed by atoms with van der Waals surface area (Å²) in [7, 11) is 1.47. The molecule has 23 heavy (non-hydrogen) atoms. The van der Waals surface area contributed by atoms with Crippen molar-refractivity contribution in [2.75, 3.05) is 7.11 Å². The van der Waals surface area contributed by atoms with Crippen molar-refractivity contribution in [1.82, 2.24) is 0 Å². The Kier molecular flexibility index (Phi) is 8.58. The van der Waals surface area contributed by atoms with E-state index in [-0.39, 0.29) is 17.3 Å². The molecule has 1 aromatic rings. The first-order valence-corrected chi connectivity index (χ1v) is 8.05. The molecule has 4 nitrogen and oxygen atoms in total. The molecule has 0 unspecified atom stereocenters. The van der Waals surface area contributed by atoms with Crippen LogP contribution in [0.2, 0.25) is 0 Å². The summed E-state index contributed by atoms with van der Waals surface area (Å²) in [6, 6.07) is 4.85. The minimum atomic E-state index is -0.0735. The monoisotopic (exact) mass is 318 g/mol. The second kappa shape index (κ2) is 10.5. The topological polar surface area (TPSA) is 66.8 Å². The van der Waals surface area contributed by atoms with E-state index in [0.717, 1.165) is 24.8 Å². The summed E-state index contributed by atoms with van der Waals surface area (Å²) in [5.74, 6) is 0.281. The summed E-state index contributed by atoms with van der Waals surface area (Å²) < 4.78 is 5.01. The number of phenolic OH excluding ortho intramolecular Hbond substituents is 1. The van der Waals surface area contributed by atoms with Gasteiger partial charge in [-0.2, -0.15) is 0 Å². The lowest BCUT2D eigenvalue weighted by atomic mass is 10.1. The van der Waals surface area contributed by atoms with Crippen molar-refractivity contribution in [1.29, 1.82) is 0 Å². The maximum atomic E-state index is 11.7. The van der Waals surface area contributed by atoms with Crippen LogP contribution in [-0.4, -0.2) is 23.1 Å². The van der Waals surface area contributed by atoms with Gasteiger partial charge in [0.25, 0.3) is 0 Å². The van der Waals surface area contributed by atoms with E-state index >= 15 is 0 Å². The number of carbonyl (C=O) groups is 1. The van der Waals surface area contributed by atoms with Gasteiger partial charge < -0.3 is 14.9 Å². The molecular formula is C19H26O4. The van der Waals surface area contributed by atoms with Crippen LogP contribution < -0.4 is 4.74 Å². The maximum Gasteiger partial charge on any atom is 0.161 e. The molecular weight excluding hydrogens is 292 g/mol. The van der Waals surface area contributed by atoms with Crippen molar-refractivity contribution in [2.45, 2.75) is 45.4 Å². The Balaban J connectivity index is 2.50. The van der Waals surface area contributed by atoms with Crippen LogP contribution in [0.5, 0.6) is 11.5 Å². The second-order valence-electron chi connectivity index (χ2n) is 5.46. The average Bonchev–Trinajstić information content (AvgIpc) is 2.54. The summed E-state index contributed by atoms with van der Waals surface area (Å²) in [5, 5.41) is 19.3. The number of ketones is 1. The number of ether oxygens (including phenoxy) is 1. The highest BCUT2D eigenvalue weighted by molar-refractivity contribution is 5.90. The van der Waals surface area contributed by atoms with Crippen LogP contribution in [0, 0.1) is 0 Å². The van der Waals surface area contributed by atoms with Gasteiger partial charge in [-0.15, -0.1) is 0 Å². The predicted octanol–water partition coefficient (Wildman–Crippen LogP) is 4.79. The van der Waals surface area contributed by atoms with Gasteiger partial charge in [0.15, 0.2) is 17.3 Å². The molecule has 2 N–H and O–H groups in total. The molecule has 0 amide bonds. The van der Waals surface area contributed by atoms with Crippen molar-refractivity contribution in [3.8, 4) is 11.5 Å². The van der Waals surface area contributed by atoms with E-state index < -0.39 is 0 Å². The molecule has 0 atom stereocenters. The first kappa shape index (κ1) is 18.8. The van der Waals surface area contributed by atoms with Crippen LogP contribution in [0.25, 0.3) is 6.08 Å². The van der Waals surface area contributed by atoms with Crippen LogP contribution >= 0.6 is 0 Å². The number of unbranched alkanes of at least 4 members (excludes halogenated alkanes) is 4. The van der Waals surface area contributed by atoms with E-state index in [1.165, 1.54) is 38.2 Å². The quantitative estimate of drug-likeness (QED) is 0.282. The lowest BCUT2D eigenvalue weighted by Gasteiger charge is -2.03. The summed E-state index contributed by atoms with van der Waals surface area (Å²) in [4.78, 5) is 11.7. The van der Waals surface area contributed by atoms with Crippen LogP contribution in [0.3, 0.4) is 0 Å². The van der Waals surface area contributed by atoms with E-state index in [0.29, 0.717) is 12.2 Å². The fraction of sp³-hybridized carbons (Fsp3) is 0.421. The van der Waals surface area contributed by atoms with E-state index in [1.54, 1.807) is 18.2 Å². The number of hydrogen-bond donors (Lipinski definition) is 2. The van der Waals surface area contributed by atoms with E-state index in [1.807, 2.05) is 0 Å².